The molecule has 1 aliphatic carbocycles. The van der Waals surface area contributed by atoms with E-state index in [0.29, 0.717) is 20.9 Å². The van der Waals surface area contributed by atoms with Crippen LogP contribution in [0.1, 0.15) is 40.0 Å². The second kappa shape index (κ2) is 8.70. The van der Waals surface area contributed by atoms with Crippen molar-refractivity contribution in [2.75, 3.05) is 0 Å². The van der Waals surface area contributed by atoms with Crippen molar-refractivity contribution in [2.45, 2.75) is 63.5 Å². The van der Waals surface area contributed by atoms with Gasteiger partial charge in [0, 0.05) is 0 Å². The molecule has 0 radical (unpaired) electrons. The summed E-state index contributed by atoms with van der Waals surface area (Å²) >= 11 is 0.430. The van der Waals surface area contributed by atoms with E-state index < -0.39 is 8.32 Å². The van der Waals surface area contributed by atoms with Crippen LogP contribution in [0.4, 0.5) is 0 Å². The number of hydrogen-bond donors (Lipinski definition) is 0. The fourth-order valence-electron chi connectivity index (χ4n) is 2.80. The van der Waals surface area contributed by atoms with Crippen LogP contribution in [0.3, 0.4) is 0 Å². The van der Waals surface area contributed by atoms with Gasteiger partial charge in [-0.3, -0.25) is 0 Å². The van der Waals surface area contributed by atoms with E-state index >= 15 is 0 Å². The molecule has 2 atom stereocenters. The Hall–Kier alpha value is -0.834. The molecule has 138 valence electrons. The third-order valence-electron chi connectivity index (χ3n) is 5.47. The molecule has 0 amide bonds. The predicted octanol–water partition coefficient (Wildman–Crippen LogP) is 4.96. The second-order valence-electron chi connectivity index (χ2n) is 8.41. The van der Waals surface area contributed by atoms with Gasteiger partial charge in [0.25, 0.3) is 0 Å². The number of carbonyl (C=O) groups is 1. The standard InChI is InChI=1S/C21H32O2SeSi/c1-21(2,3)25(4,5)23-20(22)19(17-11-9-10-12-17)15-16-24-18-13-7-6-8-14-18/h6-9,11,13-14,17,19H,10,12,15-16H2,1-5H3/t17-,19?/m1/s1. The molecule has 2 rings (SSSR count). The molecule has 2 nitrogen and oxygen atoms in total. The van der Waals surface area contributed by atoms with Gasteiger partial charge in [0.2, 0.25) is 0 Å². The van der Waals surface area contributed by atoms with Crippen molar-refractivity contribution in [1.82, 2.24) is 0 Å². The van der Waals surface area contributed by atoms with Gasteiger partial charge in [-0.1, -0.05) is 0 Å². The van der Waals surface area contributed by atoms with Crippen LogP contribution < -0.4 is 4.46 Å². The van der Waals surface area contributed by atoms with Gasteiger partial charge in [0.05, 0.1) is 0 Å². The van der Waals surface area contributed by atoms with E-state index in [1.807, 2.05) is 0 Å². The molecule has 0 spiro atoms. The first-order valence-corrected chi connectivity index (χ1v) is 14.3. The van der Waals surface area contributed by atoms with Crippen LogP contribution >= 0.6 is 0 Å². The van der Waals surface area contributed by atoms with Crippen LogP contribution in [0.15, 0.2) is 42.5 Å². The van der Waals surface area contributed by atoms with Gasteiger partial charge >= 0.3 is 161 Å². The SMILES string of the molecule is CC(C)(C)[Si](C)(C)OC(=O)C(CC[Se]c1ccccc1)[C@@H]1C=CCC1. The fourth-order valence-corrected chi connectivity index (χ4v) is 5.77. The molecule has 0 aliphatic heterocycles. The van der Waals surface area contributed by atoms with Crippen LogP contribution in [0, 0.1) is 11.8 Å². The first kappa shape index (κ1) is 20.5. The Bertz CT molecular complexity index is 590. The third-order valence-corrected chi connectivity index (χ3v) is 12.0. The molecule has 0 bridgehead atoms. The maximum absolute atomic E-state index is 13.0. The van der Waals surface area contributed by atoms with Crippen molar-refractivity contribution >= 4 is 33.7 Å². The Kier molecular flexibility index (Phi) is 7.13. The zero-order valence-electron chi connectivity index (χ0n) is 16.2. The first-order valence-electron chi connectivity index (χ1n) is 9.28. The summed E-state index contributed by atoms with van der Waals surface area (Å²) in [6.45, 7) is 10.9. The Morgan fingerprint density at radius 3 is 2.52 bits per heavy atom. The summed E-state index contributed by atoms with van der Waals surface area (Å²) < 4.78 is 7.56. The summed E-state index contributed by atoms with van der Waals surface area (Å²) in [6, 6.07) is 10.6. The Morgan fingerprint density at radius 2 is 1.96 bits per heavy atom. The van der Waals surface area contributed by atoms with Crippen molar-refractivity contribution in [3.8, 4) is 0 Å². The molecule has 1 aliphatic rings. The molecule has 1 aromatic carbocycles. The number of carbonyl (C=O) groups excluding carboxylic acids is 1. The van der Waals surface area contributed by atoms with Crippen molar-refractivity contribution in [1.29, 1.82) is 0 Å². The van der Waals surface area contributed by atoms with E-state index in [4.69, 9.17) is 4.43 Å². The van der Waals surface area contributed by atoms with E-state index in [1.165, 1.54) is 4.46 Å². The maximum atomic E-state index is 13.0. The Morgan fingerprint density at radius 1 is 1.28 bits per heavy atom. The van der Waals surface area contributed by atoms with E-state index in [0.717, 1.165) is 24.6 Å². The van der Waals surface area contributed by atoms with E-state index in [1.54, 1.807) is 0 Å². The first-order chi connectivity index (χ1) is 11.7. The van der Waals surface area contributed by atoms with E-state index in [-0.39, 0.29) is 16.9 Å². The zero-order valence-corrected chi connectivity index (χ0v) is 19.0. The Labute approximate surface area is 160 Å². The number of hydrogen-bond acceptors (Lipinski definition) is 2. The molecular weight excluding hydrogens is 391 g/mol. The molecule has 4 heteroatoms. The molecule has 0 saturated heterocycles. The number of rotatable bonds is 7. The van der Waals surface area contributed by atoms with Gasteiger partial charge in [-0.15, -0.1) is 0 Å². The van der Waals surface area contributed by atoms with Crippen LogP contribution in [0.5, 0.6) is 0 Å². The molecule has 1 unspecified atom stereocenters. The molecule has 0 saturated carbocycles. The van der Waals surface area contributed by atoms with Crippen LogP contribution in [-0.4, -0.2) is 29.2 Å². The minimum atomic E-state index is -2.05. The van der Waals surface area contributed by atoms with E-state index in [2.05, 4.69) is 76.3 Å². The van der Waals surface area contributed by atoms with Crippen molar-refractivity contribution in [3.63, 3.8) is 0 Å². The van der Waals surface area contributed by atoms with Gasteiger partial charge < -0.3 is 0 Å². The van der Waals surface area contributed by atoms with Gasteiger partial charge in [-0.2, -0.15) is 0 Å². The molecular formula is C21H32O2SeSi. The van der Waals surface area contributed by atoms with Crippen molar-refractivity contribution < 1.29 is 9.22 Å². The van der Waals surface area contributed by atoms with Gasteiger partial charge in [-0.25, -0.2) is 0 Å². The zero-order chi connectivity index (χ0) is 18.5. The van der Waals surface area contributed by atoms with Gasteiger partial charge in [0.1, 0.15) is 0 Å². The van der Waals surface area contributed by atoms with E-state index in [9.17, 15) is 4.79 Å². The summed E-state index contributed by atoms with van der Waals surface area (Å²) in [7, 11) is -2.05. The average Bonchev–Trinajstić information content (AvgIpc) is 3.05. The molecule has 0 aromatic heterocycles. The summed E-state index contributed by atoms with van der Waals surface area (Å²) in [5.41, 5.74) is 0. The third kappa shape index (κ3) is 5.84. The monoisotopic (exact) mass is 424 g/mol. The summed E-state index contributed by atoms with van der Waals surface area (Å²) in [5, 5.41) is 1.16. The molecule has 0 heterocycles. The second-order valence-corrected chi connectivity index (χ2v) is 15.6. The summed E-state index contributed by atoms with van der Waals surface area (Å²) in [5.74, 6) is 0.439. The molecule has 1 aromatic rings. The van der Waals surface area contributed by atoms with Crippen molar-refractivity contribution in [3.05, 3.63) is 42.5 Å². The van der Waals surface area contributed by atoms with Crippen LogP contribution in [-0.2, 0) is 9.22 Å². The average molecular weight is 424 g/mol. The Balaban J connectivity index is 2.00. The number of benzene rings is 1. The summed E-state index contributed by atoms with van der Waals surface area (Å²) in [4.78, 5) is 13.0. The van der Waals surface area contributed by atoms with Crippen LogP contribution in [0.2, 0.25) is 23.5 Å². The fraction of sp³-hybridized carbons (Fsp3) is 0.571. The van der Waals surface area contributed by atoms with Crippen molar-refractivity contribution in [2.24, 2.45) is 11.8 Å². The van der Waals surface area contributed by atoms with Gasteiger partial charge in [0.15, 0.2) is 0 Å². The molecule has 0 fully saturated rings. The van der Waals surface area contributed by atoms with Gasteiger partial charge in [-0.05, 0) is 0 Å². The number of allylic oxidation sites excluding steroid dienone is 2. The minimum absolute atomic E-state index is 0.0264. The van der Waals surface area contributed by atoms with Crippen LogP contribution in [0.25, 0.3) is 0 Å². The quantitative estimate of drug-likeness (QED) is 0.458. The molecule has 25 heavy (non-hydrogen) atoms. The summed E-state index contributed by atoms with van der Waals surface area (Å²) in [6.07, 6.45) is 7.60. The molecule has 0 N–H and O–H groups in total. The normalized spacial score (nSPS) is 19.0. The predicted molar refractivity (Wildman–Crippen MR) is 110 cm³/mol. The topological polar surface area (TPSA) is 26.3 Å².